The van der Waals surface area contributed by atoms with Crippen LogP contribution in [0.4, 0.5) is 8.78 Å². The Labute approximate surface area is 95.9 Å². The lowest BCUT2D eigenvalue weighted by molar-refractivity contribution is -0.0528. The lowest BCUT2D eigenvalue weighted by Crippen LogP contribution is -2.44. The fourth-order valence-electron chi connectivity index (χ4n) is 2.80. The third-order valence-electron chi connectivity index (χ3n) is 3.48. The van der Waals surface area contributed by atoms with E-state index in [0.29, 0.717) is 32.5 Å². The molecule has 2 rings (SSSR count). The molecule has 2 heterocycles. The van der Waals surface area contributed by atoms with Crippen molar-refractivity contribution in [1.29, 1.82) is 0 Å². The second kappa shape index (κ2) is 3.91. The van der Waals surface area contributed by atoms with E-state index < -0.39 is 12.3 Å². The van der Waals surface area contributed by atoms with E-state index in [-0.39, 0.29) is 11.1 Å². The van der Waals surface area contributed by atoms with Gasteiger partial charge < -0.3 is 4.74 Å². The standard InChI is InChI=1S/C12H21F2NO/c1-11(2,3)16-8-12-4-9(13)6-15(12)7-10(14)5-12/h9-10H,4-8H2,1-3H3/t9-,10-/m1/s1. The molecule has 0 aromatic rings. The van der Waals surface area contributed by atoms with Crippen LogP contribution < -0.4 is 0 Å². The van der Waals surface area contributed by atoms with Gasteiger partial charge in [0.15, 0.2) is 0 Å². The van der Waals surface area contributed by atoms with Gasteiger partial charge in [-0.3, -0.25) is 4.90 Å². The Kier molecular flexibility index (Phi) is 2.99. The summed E-state index contributed by atoms with van der Waals surface area (Å²) in [6.45, 7) is 7.09. The second-order valence-corrected chi connectivity index (χ2v) is 6.13. The molecule has 0 aliphatic carbocycles. The van der Waals surface area contributed by atoms with Gasteiger partial charge in [0, 0.05) is 25.9 Å². The van der Waals surface area contributed by atoms with Crippen molar-refractivity contribution in [1.82, 2.24) is 4.90 Å². The molecule has 16 heavy (non-hydrogen) atoms. The van der Waals surface area contributed by atoms with Crippen LogP contribution >= 0.6 is 0 Å². The minimum Gasteiger partial charge on any atom is -0.374 e. The van der Waals surface area contributed by atoms with Gasteiger partial charge in [-0.15, -0.1) is 0 Å². The highest BCUT2D eigenvalue weighted by Crippen LogP contribution is 2.41. The summed E-state index contributed by atoms with van der Waals surface area (Å²) in [5.74, 6) is 0. The number of hydrogen-bond donors (Lipinski definition) is 0. The molecule has 2 fully saturated rings. The molecule has 0 spiro atoms. The number of ether oxygens (including phenoxy) is 1. The summed E-state index contributed by atoms with van der Waals surface area (Å²) in [5, 5.41) is 0. The molecule has 0 aromatic heterocycles. The Balaban J connectivity index is 2.03. The molecular formula is C12H21F2NO. The third kappa shape index (κ3) is 2.38. The minimum atomic E-state index is -0.823. The SMILES string of the molecule is CC(C)(C)OCC12C[C@@H](F)CN1C[C@H](F)C2. The van der Waals surface area contributed by atoms with E-state index in [1.54, 1.807) is 0 Å². The van der Waals surface area contributed by atoms with Gasteiger partial charge in [0.1, 0.15) is 12.3 Å². The lowest BCUT2D eigenvalue weighted by atomic mass is 9.94. The summed E-state index contributed by atoms with van der Waals surface area (Å²) in [6, 6.07) is 0. The molecule has 0 aromatic carbocycles. The predicted octanol–water partition coefficient (Wildman–Crippen LogP) is 2.33. The molecule has 0 N–H and O–H groups in total. The first-order chi connectivity index (χ1) is 7.31. The number of nitrogens with zero attached hydrogens (tertiary/aromatic N) is 1. The number of hydrogen-bond acceptors (Lipinski definition) is 2. The Morgan fingerprint density at radius 2 is 1.69 bits per heavy atom. The van der Waals surface area contributed by atoms with E-state index in [1.807, 2.05) is 25.7 Å². The highest BCUT2D eigenvalue weighted by molar-refractivity contribution is 5.06. The molecule has 2 nitrogen and oxygen atoms in total. The largest absolute Gasteiger partial charge is 0.374 e. The highest BCUT2D eigenvalue weighted by Gasteiger charge is 2.52. The van der Waals surface area contributed by atoms with Crippen molar-refractivity contribution in [3.05, 3.63) is 0 Å². The van der Waals surface area contributed by atoms with E-state index >= 15 is 0 Å². The fraction of sp³-hybridized carbons (Fsp3) is 1.00. The Bertz CT molecular complexity index is 250. The van der Waals surface area contributed by atoms with Gasteiger partial charge in [-0.05, 0) is 20.8 Å². The first-order valence-corrected chi connectivity index (χ1v) is 5.98. The van der Waals surface area contributed by atoms with Gasteiger partial charge in [0.25, 0.3) is 0 Å². The van der Waals surface area contributed by atoms with Crippen LogP contribution in [0.3, 0.4) is 0 Å². The Morgan fingerprint density at radius 1 is 1.19 bits per heavy atom. The number of halogens is 2. The normalized spacial score (nSPS) is 34.3. The van der Waals surface area contributed by atoms with E-state index in [4.69, 9.17) is 4.74 Å². The summed E-state index contributed by atoms with van der Waals surface area (Å²) in [4.78, 5) is 1.94. The van der Waals surface area contributed by atoms with E-state index in [0.717, 1.165) is 0 Å². The molecule has 0 unspecified atom stereocenters. The third-order valence-corrected chi connectivity index (χ3v) is 3.48. The summed E-state index contributed by atoms with van der Waals surface area (Å²) < 4.78 is 32.6. The van der Waals surface area contributed by atoms with E-state index in [1.165, 1.54) is 0 Å². The zero-order valence-electron chi connectivity index (χ0n) is 10.3. The Hall–Kier alpha value is -0.220. The average molecular weight is 233 g/mol. The van der Waals surface area contributed by atoms with Crippen molar-refractivity contribution in [2.24, 2.45) is 0 Å². The zero-order valence-corrected chi connectivity index (χ0v) is 10.3. The maximum absolute atomic E-state index is 13.4. The molecule has 0 saturated carbocycles. The van der Waals surface area contributed by atoms with Crippen LogP contribution in [0.2, 0.25) is 0 Å². The molecule has 2 aliphatic heterocycles. The predicted molar refractivity (Wildman–Crippen MR) is 59.0 cm³/mol. The quantitative estimate of drug-likeness (QED) is 0.726. The van der Waals surface area contributed by atoms with E-state index in [9.17, 15) is 8.78 Å². The average Bonchev–Trinajstić information content (AvgIpc) is 2.52. The minimum absolute atomic E-state index is 0.247. The smallest absolute Gasteiger partial charge is 0.115 e. The summed E-state index contributed by atoms with van der Waals surface area (Å²) >= 11 is 0. The first-order valence-electron chi connectivity index (χ1n) is 5.98. The Morgan fingerprint density at radius 3 is 2.12 bits per heavy atom. The first kappa shape index (κ1) is 12.2. The van der Waals surface area contributed by atoms with Gasteiger partial charge in [-0.2, -0.15) is 0 Å². The molecule has 0 bridgehead atoms. The van der Waals surface area contributed by atoms with Crippen molar-refractivity contribution >= 4 is 0 Å². The number of rotatable bonds is 2. The lowest BCUT2D eigenvalue weighted by Gasteiger charge is -2.34. The molecular weight excluding hydrogens is 212 g/mol. The van der Waals surface area contributed by atoms with Crippen LogP contribution in [0.5, 0.6) is 0 Å². The van der Waals surface area contributed by atoms with Crippen LogP contribution in [0, 0.1) is 0 Å². The van der Waals surface area contributed by atoms with Crippen LogP contribution in [0.25, 0.3) is 0 Å². The van der Waals surface area contributed by atoms with Gasteiger partial charge in [-0.1, -0.05) is 0 Å². The van der Waals surface area contributed by atoms with Gasteiger partial charge >= 0.3 is 0 Å². The van der Waals surface area contributed by atoms with Crippen molar-refractivity contribution in [3.63, 3.8) is 0 Å². The monoisotopic (exact) mass is 233 g/mol. The molecule has 94 valence electrons. The molecule has 2 saturated heterocycles. The molecule has 0 amide bonds. The number of alkyl halides is 2. The summed E-state index contributed by atoms with van der Waals surface area (Å²) in [5.41, 5.74) is -0.630. The van der Waals surface area contributed by atoms with Crippen molar-refractivity contribution < 1.29 is 13.5 Å². The maximum atomic E-state index is 13.4. The topological polar surface area (TPSA) is 12.5 Å². The van der Waals surface area contributed by atoms with Crippen LogP contribution in [-0.4, -0.2) is 48.1 Å². The molecule has 2 atom stereocenters. The molecule has 2 aliphatic rings. The van der Waals surface area contributed by atoms with E-state index in [2.05, 4.69) is 0 Å². The molecule has 0 radical (unpaired) electrons. The second-order valence-electron chi connectivity index (χ2n) is 6.13. The zero-order chi connectivity index (χ0) is 12.0. The van der Waals surface area contributed by atoms with Gasteiger partial charge in [0.2, 0.25) is 0 Å². The van der Waals surface area contributed by atoms with Crippen LogP contribution in [0.1, 0.15) is 33.6 Å². The van der Waals surface area contributed by atoms with Gasteiger partial charge in [-0.25, -0.2) is 8.78 Å². The highest BCUT2D eigenvalue weighted by atomic mass is 19.1. The fourth-order valence-corrected chi connectivity index (χ4v) is 2.80. The van der Waals surface area contributed by atoms with Gasteiger partial charge in [0.05, 0.1) is 17.7 Å². The van der Waals surface area contributed by atoms with Crippen molar-refractivity contribution in [2.75, 3.05) is 19.7 Å². The summed E-state index contributed by atoms with van der Waals surface area (Å²) in [6.07, 6.45) is -0.806. The molecule has 4 heteroatoms. The van der Waals surface area contributed by atoms with Crippen molar-refractivity contribution in [2.45, 2.75) is 57.1 Å². The summed E-state index contributed by atoms with van der Waals surface area (Å²) in [7, 11) is 0. The van der Waals surface area contributed by atoms with Crippen LogP contribution in [-0.2, 0) is 4.74 Å². The van der Waals surface area contributed by atoms with Crippen molar-refractivity contribution in [3.8, 4) is 0 Å². The number of fused-ring (bicyclic) bond motifs is 1. The maximum Gasteiger partial charge on any atom is 0.115 e. The van der Waals surface area contributed by atoms with Crippen LogP contribution in [0.15, 0.2) is 0 Å².